The molecule has 1 aliphatic heterocycles. The zero-order chi connectivity index (χ0) is 31.1. The van der Waals surface area contributed by atoms with Crippen LogP contribution in [0.5, 0.6) is 0 Å². The zero-order valence-corrected chi connectivity index (χ0v) is 27.5. The predicted molar refractivity (Wildman–Crippen MR) is 161 cm³/mol. The fourth-order valence-electron chi connectivity index (χ4n) is 11.9. The molecule has 1 saturated heterocycles. The number of aliphatic hydroxyl groups excluding tert-OH is 1. The van der Waals surface area contributed by atoms with E-state index in [1.54, 1.807) is 0 Å². The number of carboxylic acids is 1. The largest absolute Gasteiger partial charge is 0.481 e. The summed E-state index contributed by atoms with van der Waals surface area (Å²) in [5.74, 6) is 0.0483. The van der Waals surface area contributed by atoms with Gasteiger partial charge in [0.15, 0.2) is 0 Å². The van der Waals surface area contributed by atoms with Crippen LogP contribution in [0.2, 0.25) is 0 Å². The van der Waals surface area contributed by atoms with Crippen molar-refractivity contribution >= 4 is 11.9 Å². The minimum atomic E-state index is -0.885. The van der Waals surface area contributed by atoms with Crippen LogP contribution in [-0.4, -0.2) is 56.8 Å². The maximum Gasteiger partial charge on any atom is 0.306 e. The number of hydrogen-bond donors (Lipinski definition) is 3. The second-order valence-corrected chi connectivity index (χ2v) is 17.2. The number of rotatable bonds is 7. The van der Waals surface area contributed by atoms with Gasteiger partial charge in [0.2, 0.25) is 0 Å². The highest BCUT2D eigenvalue weighted by Gasteiger charge is 2.72. The monoisotopic (exact) mass is 590 g/mol. The fourth-order valence-corrected chi connectivity index (χ4v) is 11.9. The van der Waals surface area contributed by atoms with Gasteiger partial charge in [-0.05, 0) is 125 Å². The summed E-state index contributed by atoms with van der Waals surface area (Å²) >= 11 is 0. The number of carbonyl (C=O) groups is 2. The van der Waals surface area contributed by atoms with Crippen molar-refractivity contribution in [3.63, 3.8) is 0 Å². The van der Waals surface area contributed by atoms with Crippen LogP contribution in [0.25, 0.3) is 0 Å². The number of ether oxygens (including phenoxy) is 2. The van der Waals surface area contributed by atoms with E-state index in [4.69, 9.17) is 14.6 Å². The molecule has 240 valence electrons. The molecule has 0 bridgehead atoms. The van der Waals surface area contributed by atoms with Crippen molar-refractivity contribution in [3.8, 4) is 0 Å². The van der Waals surface area contributed by atoms with Gasteiger partial charge in [0.25, 0.3) is 0 Å². The van der Waals surface area contributed by atoms with Crippen LogP contribution in [-0.2, 0) is 19.1 Å². The summed E-state index contributed by atoms with van der Waals surface area (Å²) in [6, 6.07) is 0. The molecule has 0 spiro atoms. The molecule has 0 aromatic rings. The Morgan fingerprint density at radius 2 is 1.55 bits per heavy atom. The minimum Gasteiger partial charge on any atom is -0.481 e. The first-order valence-electron chi connectivity index (χ1n) is 16.8. The average Bonchev–Trinajstić information content (AvgIpc) is 3.45. The summed E-state index contributed by atoms with van der Waals surface area (Å²) in [7, 11) is 0. The number of hydrogen-bond acceptors (Lipinski definition) is 6. The van der Waals surface area contributed by atoms with Crippen molar-refractivity contribution < 1.29 is 34.4 Å². The lowest BCUT2D eigenvalue weighted by Gasteiger charge is -2.70. The minimum absolute atomic E-state index is 0.00473. The Morgan fingerprint density at radius 1 is 0.881 bits per heavy atom. The van der Waals surface area contributed by atoms with E-state index in [9.17, 15) is 19.8 Å². The van der Waals surface area contributed by atoms with Gasteiger partial charge in [0.1, 0.15) is 6.10 Å². The van der Waals surface area contributed by atoms with Gasteiger partial charge in [0, 0.05) is 18.3 Å². The second kappa shape index (κ2) is 10.4. The third kappa shape index (κ3) is 4.87. The van der Waals surface area contributed by atoms with Crippen LogP contribution in [0.15, 0.2) is 0 Å². The lowest BCUT2D eigenvalue weighted by atomic mass is 9.35. The van der Waals surface area contributed by atoms with Crippen LogP contribution in [0, 0.1) is 45.3 Å². The van der Waals surface area contributed by atoms with Crippen molar-refractivity contribution in [3.05, 3.63) is 0 Å². The van der Waals surface area contributed by atoms with Gasteiger partial charge < -0.3 is 24.8 Å². The van der Waals surface area contributed by atoms with E-state index in [1.807, 2.05) is 13.8 Å². The number of fused-ring (bicyclic) bond motifs is 5. The first-order valence-corrected chi connectivity index (χ1v) is 16.8. The standard InChI is InChI=1S/C35H58O7/c1-30(2)23-13-18-33(6)24(32(23,5)16-14-25(30)41-28(39)11-9-10-27(37)38)20-22(36)29-21(12-17-34(29,33)7)35(8)19-15-26(42-35)31(3,4)40/h21-26,29,36,40H,9-20H2,1-8H3,(H,37,38)/t21?,22-,23?,24-,25+,26-,29+,32+,33-,34-,35+/m1/s1. The Hall–Kier alpha value is -1.18. The summed E-state index contributed by atoms with van der Waals surface area (Å²) in [5.41, 5.74) is -1.26. The molecule has 5 rings (SSSR count). The van der Waals surface area contributed by atoms with Crippen LogP contribution in [0.3, 0.4) is 0 Å². The topological polar surface area (TPSA) is 113 Å². The van der Waals surface area contributed by atoms with Crippen molar-refractivity contribution in [2.75, 3.05) is 0 Å². The van der Waals surface area contributed by atoms with Crippen molar-refractivity contribution in [1.29, 1.82) is 0 Å². The van der Waals surface area contributed by atoms with E-state index >= 15 is 0 Å². The molecule has 1 heterocycles. The highest BCUT2D eigenvalue weighted by Crippen LogP contribution is 2.76. The highest BCUT2D eigenvalue weighted by atomic mass is 16.5. The quantitative estimate of drug-likeness (QED) is 0.289. The molecular formula is C35H58O7. The van der Waals surface area contributed by atoms with Crippen LogP contribution >= 0.6 is 0 Å². The molecule has 4 saturated carbocycles. The second-order valence-electron chi connectivity index (χ2n) is 17.2. The molecule has 0 aromatic carbocycles. The van der Waals surface area contributed by atoms with Crippen molar-refractivity contribution in [2.45, 2.75) is 162 Å². The molecule has 5 aliphatic rings. The van der Waals surface area contributed by atoms with Crippen molar-refractivity contribution in [1.82, 2.24) is 0 Å². The van der Waals surface area contributed by atoms with Crippen LogP contribution < -0.4 is 0 Å². The normalized spacial score (nSPS) is 48.2. The Kier molecular flexibility index (Phi) is 8.01. The Morgan fingerprint density at radius 3 is 2.17 bits per heavy atom. The highest BCUT2D eigenvalue weighted by molar-refractivity contribution is 5.71. The van der Waals surface area contributed by atoms with Gasteiger partial charge in [-0.1, -0.05) is 34.6 Å². The molecule has 11 atom stereocenters. The summed E-state index contributed by atoms with van der Waals surface area (Å²) < 4.78 is 12.7. The molecule has 0 radical (unpaired) electrons. The van der Waals surface area contributed by atoms with Gasteiger partial charge in [0.05, 0.1) is 23.4 Å². The summed E-state index contributed by atoms with van der Waals surface area (Å²) in [6.07, 6.45) is 8.43. The molecule has 0 aromatic heterocycles. The molecule has 5 fully saturated rings. The lowest BCUT2D eigenvalue weighted by molar-refractivity contribution is -0.251. The Labute approximate surface area is 253 Å². The average molecular weight is 591 g/mol. The van der Waals surface area contributed by atoms with Gasteiger partial charge >= 0.3 is 11.9 Å². The number of aliphatic carboxylic acids is 1. The molecule has 42 heavy (non-hydrogen) atoms. The molecule has 2 unspecified atom stereocenters. The maximum atomic E-state index is 12.7. The fraction of sp³-hybridized carbons (Fsp3) is 0.943. The summed E-state index contributed by atoms with van der Waals surface area (Å²) in [6.45, 7) is 17.9. The Balaban J connectivity index is 1.36. The van der Waals surface area contributed by atoms with E-state index in [1.165, 1.54) is 0 Å². The number of carbonyl (C=O) groups excluding carboxylic acids is 1. The van der Waals surface area contributed by atoms with E-state index in [0.29, 0.717) is 18.3 Å². The van der Waals surface area contributed by atoms with Crippen molar-refractivity contribution in [2.24, 2.45) is 45.3 Å². The zero-order valence-electron chi connectivity index (χ0n) is 27.5. The van der Waals surface area contributed by atoms with E-state index in [-0.39, 0.29) is 76.2 Å². The SMILES string of the molecule is CC(C)(O)[C@H]1CC[C@@](C)(C2CC[C@]3(C)[C@@H]2[C@H](O)C[C@@H]2[C@@]4(C)CC[C@H](OC(=O)CCCC(=O)O)C(C)(C)C4CC[C@]23C)O1. The third-order valence-electron chi connectivity index (χ3n) is 14.3. The van der Waals surface area contributed by atoms with Crippen LogP contribution in [0.1, 0.15) is 132 Å². The van der Waals surface area contributed by atoms with Gasteiger partial charge in [-0.15, -0.1) is 0 Å². The molecule has 3 N–H and O–H groups in total. The Bertz CT molecular complexity index is 1060. The number of aliphatic hydroxyl groups is 2. The van der Waals surface area contributed by atoms with Gasteiger partial charge in [-0.25, -0.2) is 0 Å². The molecule has 0 amide bonds. The third-order valence-corrected chi connectivity index (χ3v) is 14.3. The number of carboxylic acid groups (broad SMARTS) is 1. The first kappa shape index (κ1) is 32.2. The maximum absolute atomic E-state index is 12.7. The summed E-state index contributed by atoms with van der Waals surface area (Å²) in [5, 5.41) is 31.7. The van der Waals surface area contributed by atoms with Gasteiger partial charge in [-0.3, -0.25) is 9.59 Å². The lowest BCUT2D eigenvalue weighted by Crippen LogP contribution is -2.66. The van der Waals surface area contributed by atoms with E-state index in [0.717, 1.165) is 57.8 Å². The van der Waals surface area contributed by atoms with E-state index < -0.39 is 11.6 Å². The molecule has 7 heteroatoms. The molecular weight excluding hydrogens is 532 g/mol. The molecule has 7 nitrogen and oxygen atoms in total. The number of esters is 1. The first-order chi connectivity index (χ1) is 19.3. The van der Waals surface area contributed by atoms with Crippen LogP contribution in [0.4, 0.5) is 0 Å². The summed E-state index contributed by atoms with van der Waals surface area (Å²) in [4.78, 5) is 23.6. The predicted octanol–water partition coefficient (Wildman–Crippen LogP) is 6.52. The van der Waals surface area contributed by atoms with Gasteiger partial charge in [-0.2, -0.15) is 0 Å². The smallest absolute Gasteiger partial charge is 0.306 e. The van der Waals surface area contributed by atoms with E-state index in [2.05, 4.69) is 41.5 Å². The molecule has 4 aliphatic carbocycles.